The van der Waals surface area contributed by atoms with Crippen LogP contribution in [0.1, 0.15) is 71.3 Å². The Morgan fingerprint density at radius 2 is 1.70 bits per heavy atom. The van der Waals surface area contributed by atoms with E-state index in [1.165, 1.54) is 4.68 Å². The lowest BCUT2D eigenvalue weighted by Crippen LogP contribution is -2.43. The molecule has 200 valence electrons. The Labute approximate surface area is 224 Å². The minimum atomic E-state index is -1.10. The monoisotopic (exact) mass is 527 g/mol. The Morgan fingerprint density at radius 1 is 1.00 bits per heavy atom. The van der Waals surface area contributed by atoms with Gasteiger partial charge in [0.1, 0.15) is 17.2 Å². The molecule has 0 unspecified atom stereocenters. The fourth-order valence-electron chi connectivity index (χ4n) is 3.94. The predicted molar refractivity (Wildman–Crippen MR) is 146 cm³/mol. The second-order valence-corrected chi connectivity index (χ2v) is 11.2. The number of nitrogens with zero attached hydrogens (tertiary/aromatic N) is 3. The Balaban J connectivity index is 1.61. The molecule has 2 aromatic carbocycles. The van der Waals surface area contributed by atoms with Crippen LogP contribution in [-0.2, 0) is 35.5 Å². The van der Waals surface area contributed by atoms with E-state index in [4.69, 9.17) is 21.1 Å². The van der Waals surface area contributed by atoms with Crippen LogP contribution in [0.2, 0.25) is 5.02 Å². The number of aromatic nitrogens is 3. The summed E-state index contributed by atoms with van der Waals surface area (Å²) in [6, 6.07) is 15.2. The van der Waals surface area contributed by atoms with Crippen molar-refractivity contribution in [2.24, 2.45) is 0 Å². The first-order valence-electron chi connectivity index (χ1n) is 12.8. The Morgan fingerprint density at radius 3 is 2.32 bits per heavy atom. The van der Waals surface area contributed by atoms with Gasteiger partial charge in [0.15, 0.2) is 5.60 Å². The Bertz CT molecular complexity index is 1250. The van der Waals surface area contributed by atoms with Crippen molar-refractivity contribution < 1.29 is 14.3 Å². The van der Waals surface area contributed by atoms with Crippen LogP contribution in [0.15, 0.2) is 53.3 Å². The van der Waals surface area contributed by atoms with Crippen molar-refractivity contribution in [2.45, 2.75) is 91.5 Å². The fraction of sp³-hybridized carbons (Fsp3) is 0.483. The van der Waals surface area contributed by atoms with Crippen molar-refractivity contribution in [3.8, 4) is 5.75 Å². The summed E-state index contributed by atoms with van der Waals surface area (Å²) in [7, 11) is 0. The molecule has 1 aromatic heterocycles. The molecule has 37 heavy (non-hydrogen) atoms. The number of carbonyl (C=O) groups excluding carboxylic acids is 1. The molecule has 3 rings (SSSR count). The second-order valence-electron chi connectivity index (χ2n) is 10.7. The van der Waals surface area contributed by atoms with Gasteiger partial charge in [-0.1, -0.05) is 42.8 Å². The van der Waals surface area contributed by atoms with Gasteiger partial charge >= 0.3 is 11.7 Å². The maximum absolute atomic E-state index is 13.0. The van der Waals surface area contributed by atoms with E-state index in [9.17, 15) is 9.59 Å². The first kappa shape index (κ1) is 28.5. The standard InChI is InChI=1S/C29H38ClN3O4/c1-7-18-32-25(31-33(27(32)35)20-22-11-8-12-23(30)19-22)13-9-10-21-14-16-24(17-15-21)36-29(5,6)26(34)37-28(2,3)4/h8,11-12,14-17,19H,7,9-10,13,18,20H2,1-6H3. The molecule has 7 nitrogen and oxygen atoms in total. The molecular weight excluding hydrogens is 490 g/mol. The van der Waals surface area contributed by atoms with Gasteiger partial charge in [0.05, 0.1) is 6.54 Å². The maximum atomic E-state index is 13.0. The van der Waals surface area contributed by atoms with Crippen LogP contribution in [0.4, 0.5) is 0 Å². The number of hydrogen-bond acceptors (Lipinski definition) is 5. The Kier molecular flexibility index (Phi) is 9.24. The summed E-state index contributed by atoms with van der Waals surface area (Å²) in [6.07, 6.45) is 3.23. The van der Waals surface area contributed by atoms with Crippen LogP contribution in [0, 0.1) is 0 Å². The summed E-state index contributed by atoms with van der Waals surface area (Å²) >= 11 is 6.10. The molecule has 0 atom stereocenters. The number of aryl methyl sites for hydroxylation is 2. The van der Waals surface area contributed by atoms with E-state index >= 15 is 0 Å². The van der Waals surface area contributed by atoms with E-state index in [0.717, 1.165) is 36.2 Å². The summed E-state index contributed by atoms with van der Waals surface area (Å²) in [4.78, 5) is 25.4. The SMILES string of the molecule is CCCn1c(CCCc2ccc(OC(C)(C)C(=O)OC(C)(C)C)cc2)nn(Cc2cccc(Cl)c2)c1=O. The maximum Gasteiger partial charge on any atom is 0.350 e. The topological polar surface area (TPSA) is 75.3 Å². The number of benzene rings is 2. The minimum Gasteiger partial charge on any atom is -0.476 e. The van der Waals surface area contributed by atoms with Gasteiger partial charge in [-0.15, -0.1) is 0 Å². The van der Waals surface area contributed by atoms with Crippen LogP contribution >= 0.6 is 11.6 Å². The largest absolute Gasteiger partial charge is 0.476 e. The van der Waals surface area contributed by atoms with Crippen molar-refractivity contribution >= 4 is 17.6 Å². The van der Waals surface area contributed by atoms with Crippen LogP contribution in [0.25, 0.3) is 0 Å². The first-order valence-corrected chi connectivity index (χ1v) is 13.2. The van der Waals surface area contributed by atoms with Gasteiger partial charge in [0, 0.05) is 18.0 Å². The van der Waals surface area contributed by atoms with Gasteiger partial charge in [-0.25, -0.2) is 14.3 Å². The van der Waals surface area contributed by atoms with E-state index in [-0.39, 0.29) is 5.69 Å². The lowest BCUT2D eigenvalue weighted by Gasteiger charge is -2.29. The van der Waals surface area contributed by atoms with Gasteiger partial charge in [0.25, 0.3) is 0 Å². The number of esters is 1. The molecular formula is C29H38ClN3O4. The summed E-state index contributed by atoms with van der Waals surface area (Å²) in [5.41, 5.74) is 0.326. The van der Waals surface area contributed by atoms with Crippen LogP contribution in [0.3, 0.4) is 0 Å². The van der Waals surface area contributed by atoms with Crippen molar-refractivity contribution in [3.63, 3.8) is 0 Å². The highest BCUT2D eigenvalue weighted by Gasteiger charge is 2.34. The van der Waals surface area contributed by atoms with Gasteiger partial charge < -0.3 is 9.47 Å². The van der Waals surface area contributed by atoms with Gasteiger partial charge in [0.2, 0.25) is 0 Å². The molecule has 0 bridgehead atoms. The minimum absolute atomic E-state index is 0.0917. The molecule has 0 aliphatic heterocycles. The van der Waals surface area contributed by atoms with E-state index < -0.39 is 17.2 Å². The first-order chi connectivity index (χ1) is 17.4. The van der Waals surface area contributed by atoms with Crippen LogP contribution < -0.4 is 10.4 Å². The van der Waals surface area contributed by atoms with Crippen molar-refractivity contribution in [2.75, 3.05) is 0 Å². The van der Waals surface area contributed by atoms with Crippen LogP contribution in [-0.4, -0.2) is 31.5 Å². The van der Waals surface area contributed by atoms with Crippen molar-refractivity contribution in [1.29, 1.82) is 0 Å². The molecule has 0 radical (unpaired) electrons. The summed E-state index contributed by atoms with van der Waals surface area (Å²) in [5.74, 6) is 1.00. The third-order valence-electron chi connectivity index (χ3n) is 5.72. The summed E-state index contributed by atoms with van der Waals surface area (Å²) in [5, 5.41) is 5.28. The van der Waals surface area contributed by atoms with Gasteiger partial charge in [-0.05, 0) is 89.3 Å². The zero-order chi connectivity index (χ0) is 27.2. The molecule has 0 amide bonds. The lowest BCUT2D eigenvalue weighted by atomic mass is 10.1. The fourth-order valence-corrected chi connectivity index (χ4v) is 4.16. The average molecular weight is 528 g/mol. The summed E-state index contributed by atoms with van der Waals surface area (Å²) < 4.78 is 14.7. The molecule has 0 aliphatic rings. The predicted octanol–water partition coefficient (Wildman–Crippen LogP) is 5.83. The normalized spacial score (nSPS) is 12.0. The number of rotatable bonds is 11. The smallest absolute Gasteiger partial charge is 0.350 e. The summed E-state index contributed by atoms with van der Waals surface area (Å²) in [6.45, 7) is 12.0. The van der Waals surface area contributed by atoms with Crippen molar-refractivity contribution in [3.05, 3.63) is 81.0 Å². The molecule has 0 saturated heterocycles. The molecule has 0 saturated carbocycles. The zero-order valence-corrected chi connectivity index (χ0v) is 23.5. The van der Waals surface area contributed by atoms with Gasteiger partial charge in [-0.2, -0.15) is 5.10 Å². The lowest BCUT2D eigenvalue weighted by molar-refractivity contribution is -0.170. The molecule has 1 heterocycles. The molecule has 0 N–H and O–H groups in total. The van der Waals surface area contributed by atoms with E-state index in [1.54, 1.807) is 18.4 Å². The molecule has 0 aliphatic carbocycles. The highest BCUT2D eigenvalue weighted by Crippen LogP contribution is 2.23. The van der Waals surface area contributed by atoms with E-state index in [0.29, 0.717) is 30.3 Å². The van der Waals surface area contributed by atoms with E-state index in [2.05, 4.69) is 12.0 Å². The third kappa shape index (κ3) is 8.22. The molecule has 0 spiro atoms. The highest BCUT2D eigenvalue weighted by molar-refractivity contribution is 6.30. The third-order valence-corrected chi connectivity index (χ3v) is 5.96. The Hall–Kier alpha value is -3.06. The van der Waals surface area contributed by atoms with Gasteiger partial charge in [-0.3, -0.25) is 4.57 Å². The second kappa shape index (κ2) is 12.0. The average Bonchev–Trinajstić information content (AvgIpc) is 3.08. The van der Waals surface area contributed by atoms with Crippen molar-refractivity contribution in [1.82, 2.24) is 14.3 Å². The molecule has 0 fully saturated rings. The number of halogens is 1. The van der Waals surface area contributed by atoms with E-state index in [1.807, 2.05) is 69.3 Å². The molecule has 3 aromatic rings. The van der Waals surface area contributed by atoms with Crippen LogP contribution in [0.5, 0.6) is 5.75 Å². The number of hydrogen-bond donors (Lipinski definition) is 0. The zero-order valence-electron chi connectivity index (χ0n) is 22.7. The quantitative estimate of drug-likeness (QED) is 0.293. The molecule has 8 heteroatoms. The number of carbonyl (C=O) groups is 1. The highest BCUT2D eigenvalue weighted by atomic mass is 35.5. The number of ether oxygens (including phenoxy) is 2.